The number of hydrogen-bond donors (Lipinski definition) is 2. The van der Waals surface area contributed by atoms with Crippen molar-refractivity contribution >= 4 is 0 Å². The summed E-state index contributed by atoms with van der Waals surface area (Å²) in [4.78, 5) is 4.06. The van der Waals surface area contributed by atoms with Crippen molar-refractivity contribution in [2.45, 2.75) is 45.9 Å². The lowest BCUT2D eigenvalue weighted by Crippen LogP contribution is -2.28. The van der Waals surface area contributed by atoms with E-state index < -0.39 is 6.10 Å². The molecule has 1 heterocycles. The molecule has 0 saturated heterocycles. The molecule has 1 aromatic heterocycles. The van der Waals surface area contributed by atoms with Crippen molar-refractivity contribution in [2.75, 3.05) is 6.54 Å². The molecule has 0 saturated carbocycles. The number of aliphatic hydroxyl groups is 1. The number of rotatable bonds is 6. The summed E-state index contributed by atoms with van der Waals surface area (Å²) in [5.41, 5.74) is 0.894. The zero-order valence-corrected chi connectivity index (χ0v) is 9.77. The number of nitrogens with zero attached hydrogens (tertiary/aromatic N) is 2. The number of nitrogens with one attached hydrogen (secondary N) is 1. The van der Waals surface area contributed by atoms with Gasteiger partial charge in [0.05, 0.1) is 18.2 Å². The zero-order chi connectivity index (χ0) is 11.3. The van der Waals surface area contributed by atoms with Gasteiger partial charge >= 0.3 is 0 Å². The molecule has 4 nitrogen and oxygen atoms in total. The fourth-order valence-electron chi connectivity index (χ4n) is 1.49. The second-order valence-corrected chi connectivity index (χ2v) is 4.09. The molecule has 4 heteroatoms. The fourth-order valence-corrected chi connectivity index (χ4v) is 1.49. The van der Waals surface area contributed by atoms with Crippen molar-refractivity contribution < 1.29 is 5.11 Å². The summed E-state index contributed by atoms with van der Waals surface area (Å²) in [6.45, 7) is 7.73. The van der Waals surface area contributed by atoms with E-state index in [2.05, 4.69) is 31.1 Å². The summed E-state index contributed by atoms with van der Waals surface area (Å²) >= 11 is 0. The lowest BCUT2D eigenvalue weighted by Gasteiger charge is -2.15. The van der Waals surface area contributed by atoms with E-state index in [1.165, 1.54) is 0 Å². The SMILES string of the molecule is CCCn1cncc1C(O)CNC(C)C. The van der Waals surface area contributed by atoms with Crippen LogP contribution in [0.5, 0.6) is 0 Å². The third-order valence-corrected chi connectivity index (χ3v) is 2.27. The maximum atomic E-state index is 9.94. The van der Waals surface area contributed by atoms with Gasteiger partial charge in [-0.25, -0.2) is 4.98 Å². The molecule has 15 heavy (non-hydrogen) atoms. The third kappa shape index (κ3) is 3.64. The maximum Gasteiger partial charge on any atom is 0.108 e. The molecule has 86 valence electrons. The molecular formula is C11H21N3O. The Balaban J connectivity index is 2.56. The summed E-state index contributed by atoms with van der Waals surface area (Å²) in [5, 5.41) is 13.2. The van der Waals surface area contributed by atoms with Crippen molar-refractivity contribution in [2.24, 2.45) is 0 Å². The molecule has 0 radical (unpaired) electrons. The van der Waals surface area contributed by atoms with Gasteiger partial charge in [0.2, 0.25) is 0 Å². The van der Waals surface area contributed by atoms with Crippen LogP contribution in [0.2, 0.25) is 0 Å². The zero-order valence-electron chi connectivity index (χ0n) is 9.77. The number of imidazole rings is 1. The summed E-state index contributed by atoms with van der Waals surface area (Å²) in [5.74, 6) is 0. The summed E-state index contributed by atoms with van der Waals surface area (Å²) in [7, 11) is 0. The highest BCUT2D eigenvalue weighted by Crippen LogP contribution is 2.11. The van der Waals surface area contributed by atoms with Crippen molar-refractivity contribution in [3.63, 3.8) is 0 Å². The Morgan fingerprint density at radius 3 is 2.87 bits per heavy atom. The van der Waals surface area contributed by atoms with Gasteiger partial charge in [-0.15, -0.1) is 0 Å². The van der Waals surface area contributed by atoms with Gasteiger partial charge in [0.1, 0.15) is 6.10 Å². The largest absolute Gasteiger partial charge is 0.385 e. The summed E-state index contributed by atoms with van der Waals surface area (Å²) in [6, 6.07) is 0.391. The Labute approximate surface area is 91.3 Å². The molecule has 1 unspecified atom stereocenters. The van der Waals surface area contributed by atoms with E-state index in [9.17, 15) is 5.11 Å². The topological polar surface area (TPSA) is 50.1 Å². The summed E-state index contributed by atoms with van der Waals surface area (Å²) in [6.07, 6.45) is 4.09. The van der Waals surface area contributed by atoms with E-state index in [-0.39, 0.29) is 0 Å². The molecule has 0 bridgehead atoms. The highest BCUT2D eigenvalue weighted by Gasteiger charge is 2.12. The Morgan fingerprint density at radius 2 is 2.27 bits per heavy atom. The van der Waals surface area contributed by atoms with Crippen molar-refractivity contribution in [1.82, 2.24) is 14.9 Å². The normalized spacial score (nSPS) is 13.4. The van der Waals surface area contributed by atoms with Crippen LogP contribution in [-0.2, 0) is 6.54 Å². The molecule has 1 atom stereocenters. The molecule has 2 N–H and O–H groups in total. The van der Waals surface area contributed by atoms with Crippen molar-refractivity contribution in [3.05, 3.63) is 18.2 Å². The van der Waals surface area contributed by atoms with E-state index in [4.69, 9.17) is 0 Å². The van der Waals surface area contributed by atoms with Crippen LogP contribution in [-0.4, -0.2) is 27.2 Å². The van der Waals surface area contributed by atoms with E-state index in [0.717, 1.165) is 18.7 Å². The fraction of sp³-hybridized carbons (Fsp3) is 0.727. The highest BCUT2D eigenvalue weighted by atomic mass is 16.3. The Bertz CT molecular complexity index is 283. The minimum absolute atomic E-state index is 0.391. The third-order valence-electron chi connectivity index (χ3n) is 2.27. The smallest absolute Gasteiger partial charge is 0.108 e. The van der Waals surface area contributed by atoms with E-state index in [0.29, 0.717) is 12.6 Å². The molecule has 1 rings (SSSR count). The minimum Gasteiger partial charge on any atom is -0.385 e. The van der Waals surface area contributed by atoms with Gasteiger partial charge in [0.25, 0.3) is 0 Å². The summed E-state index contributed by atoms with van der Waals surface area (Å²) < 4.78 is 2.01. The predicted octanol–water partition coefficient (Wildman–Crippen LogP) is 1.32. The molecule has 0 spiro atoms. The Hall–Kier alpha value is -0.870. The predicted molar refractivity (Wildman–Crippen MR) is 60.6 cm³/mol. The molecule has 0 amide bonds. The second kappa shape index (κ2) is 5.88. The lowest BCUT2D eigenvalue weighted by molar-refractivity contribution is 0.162. The van der Waals surface area contributed by atoms with Crippen LogP contribution < -0.4 is 5.32 Å². The molecular weight excluding hydrogens is 190 g/mol. The number of hydrogen-bond acceptors (Lipinski definition) is 3. The van der Waals surface area contributed by atoms with Crippen LogP contribution in [0.15, 0.2) is 12.5 Å². The van der Waals surface area contributed by atoms with E-state index in [1.807, 2.05) is 4.57 Å². The van der Waals surface area contributed by atoms with E-state index in [1.54, 1.807) is 12.5 Å². The monoisotopic (exact) mass is 211 g/mol. The van der Waals surface area contributed by atoms with Gasteiger partial charge in [-0.1, -0.05) is 20.8 Å². The number of aliphatic hydroxyl groups excluding tert-OH is 1. The first-order chi connectivity index (χ1) is 7.15. The number of aryl methyl sites for hydroxylation is 1. The van der Waals surface area contributed by atoms with Crippen LogP contribution in [0.1, 0.15) is 39.0 Å². The van der Waals surface area contributed by atoms with Crippen molar-refractivity contribution in [1.29, 1.82) is 0 Å². The average molecular weight is 211 g/mol. The van der Waals surface area contributed by atoms with Crippen LogP contribution in [0.4, 0.5) is 0 Å². The molecule has 0 aromatic carbocycles. The van der Waals surface area contributed by atoms with Crippen LogP contribution >= 0.6 is 0 Å². The minimum atomic E-state index is -0.471. The van der Waals surface area contributed by atoms with Crippen LogP contribution in [0.25, 0.3) is 0 Å². The van der Waals surface area contributed by atoms with E-state index >= 15 is 0 Å². The molecule has 0 aliphatic heterocycles. The maximum absolute atomic E-state index is 9.94. The Kier molecular flexibility index (Phi) is 4.78. The van der Waals surface area contributed by atoms with Crippen LogP contribution in [0.3, 0.4) is 0 Å². The molecule has 0 fully saturated rings. The van der Waals surface area contributed by atoms with Gasteiger partial charge in [0, 0.05) is 19.1 Å². The van der Waals surface area contributed by atoms with Crippen LogP contribution in [0, 0.1) is 0 Å². The second-order valence-electron chi connectivity index (χ2n) is 4.09. The molecule has 0 aliphatic carbocycles. The first-order valence-electron chi connectivity index (χ1n) is 5.56. The van der Waals surface area contributed by atoms with Gasteiger partial charge in [-0.05, 0) is 6.42 Å². The first kappa shape index (κ1) is 12.2. The van der Waals surface area contributed by atoms with Gasteiger partial charge < -0.3 is 15.0 Å². The standard InChI is InChI=1S/C11H21N3O/c1-4-5-14-8-12-6-10(14)11(15)7-13-9(2)3/h6,8-9,11,13,15H,4-5,7H2,1-3H3. The highest BCUT2D eigenvalue weighted by molar-refractivity contribution is 5.03. The quantitative estimate of drug-likeness (QED) is 0.746. The molecule has 0 aliphatic rings. The average Bonchev–Trinajstić information content (AvgIpc) is 2.63. The van der Waals surface area contributed by atoms with Gasteiger partial charge in [-0.3, -0.25) is 0 Å². The van der Waals surface area contributed by atoms with Gasteiger partial charge in [0.15, 0.2) is 0 Å². The first-order valence-corrected chi connectivity index (χ1v) is 5.56. The molecule has 1 aromatic rings. The lowest BCUT2D eigenvalue weighted by atomic mass is 10.2. The number of aromatic nitrogens is 2. The van der Waals surface area contributed by atoms with Crippen molar-refractivity contribution in [3.8, 4) is 0 Å². The van der Waals surface area contributed by atoms with Gasteiger partial charge in [-0.2, -0.15) is 0 Å². The Morgan fingerprint density at radius 1 is 1.53 bits per heavy atom.